The van der Waals surface area contributed by atoms with Gasteiger partial charge in [0.1, 0.15) is 11.0 Å². The van der Waals surface area contributed by atoms with Crippen LogP contribution in [0.1, 0.15) is 12.0 Å². The number of non-ortho nitro benzene ring substituents is 1. The molecule has 1 saturated heterocycles. The number of halogens is 1. The van der Waals surface area contributed by atoms with Crippen molar-refractivity contribution in [3.63, 3.8) is 0 Å². The van der Waals surface area contributed by atoms with E-state index in [1.54, 1.807) is 0 Å². The van der Waals surface area contributed by atoms with Gasteiger partial charge in [-0.05, 0) is 48.0 Å². The number of hydrogen-bond donors (Lipinski definition) is 2. The van der Waals surface area contributed by atoms with E-state index in [0.29, 0.717) is 11.3 Å². The lowest BCUT2D eigenvalue weighted by molar-refractivity contribution is -0.384. The van der Waals surface area contributed by atoms with Crippen LogP contribution in [0.2, 0.25) is 0 Å². The number of rotatable bonds is 7. The van der Waals surface area contributed by atoms with Crippen LogP contribution >= 0.6 is 23.4 Å². The number of nitrogens with zero attached hydrogens (tertiary/aromatic N) is 4. The second kappa shape index (κ2) is 10.1. The Balaban J connectivity index is 1.82. The molecule has 164 valence electrons. The quantitative estimate of drug-likeness (QED) is 0.352. The number of allylic oxidation sites excluding steroid dienone is 1. The Bertz CT molecular complexity index is 1130. The Labute approximate surface area is 190 Å². The van der Waals surface area contributed by atoms with Gasteiger partial charge < -0.3 is 10.2 Å². The largest absolute Gasteiger partial charge is 0.508 e. The van der Waals surface area contributed by atoms with Gasteiger partial charge in [0.25, 0.3) is 5.69 Å². The predicted molar refractivity (Wildman–Crippen MR) is 122 cm³/mol. The van der Waals surface area contributed by atoms with Gasteiger partial charge in [-0.2, -0.15) is 5.10 Å². The first-order valence-electron chi connectivity index (χ1n) is 8.98. The number of phenols is 1. The fourth-order valence-electron chi connectivity index (χ4n) is 2.69. The van der Waals surface area contributed by atoms with Crippen LogP contribution in [0.3, 0.4) is 0 Å². The molecule has 32 heavy (non-hydrogen) atoms. The van der Waals surface area contributed by atoms with Crippen molar-refractivity contribution < 1.29 is 24.7 Å². The van der Waals surface area contributed by atoms with Gasteiger partial charge in [0.05, 0.1) is 28.3 Å². The number of aliphatic carboxylic acids is 1. The summed E-state index contributed by atoms with van der Waals surface area (Å²) in [4.78, 5) is 35.2. The van der Waals surface area contributed by atoms with Gasteiger partial charge in [0.2, 0.25) is 5.91 Å². The summed E-state index contributed by atoms with van der Waals surface area (Å²) in [5, 5.41) is 36.6. The highest BCUT2D eigenvalue weighted by Crippen LogP contribution is 2.34. The van der Waals surface area contributed by atoms with E-state index in [4.69, 9.17) is 16.7 Å². The van der Waals surface area contributed by atoms with Crippen LogP contribution < -0.4 is 4.90 Å². The third-order valence-electron chi connectivity index (χ3n) is 4.14. The van der Waals surface area contributed by atoms with E-state index in [1.807, 2.05) is 0 Å². The van der Waals surface area contributed by atoms with Gasteiger partial charge in [-0.25, -0.2) is 0 Å². The average molecular weight is 475 g/mol. The molecule has 0 bridgehead atoms. The van der Waals surface area contributed by atoms with E-state index in [-0.39, 0.29) is 28.1 Å². The lowest BCUT2D eigenvalue weighted by Crippen LogP contribution is -2.32. The van der Waals surface area contributed by atoms with Crippen molar-refractivity contribution in [1.29, 1.82) is 0 Å². The Morgan fingerprint density at radius 2 is 1.88 bits per heavy atom. The fraction of sp³-hybridized carbons (Fsp3) is 0.100. The van der Waals surface area contributed by atoms with Crippen molar-refractivity contribution in [2.75, 3.05) is 4.90 Å². The normalized spacial score (nSPS) is 18.0. The van der Waals surface area contributed by atoms with Gasteiger partial charge in [-0.3, -0.25) is 24.6 Å². The topological polar surface area (TPSA) is 146 Å². The van der Waals surface area contributed by atoms with Crippen molar-refractivity contribution in [1.82, 2.24) is 0 Å². The zero-order valence-electron chi connectivity index (χ0n) is 16.2. The summed E-state index contributed by atoms with van der Waals surface area (Å²) in [6.07, 6.45) is 2.36. The minimum atomic E-state index is -1.12. The highest BCUT2D eigenvalue weighted by molar-refractivity contribution is 8.16. The maximum atomic E-state index is 12.7. The molecule has 0 radical (unpaired) electrons. The number of carboxylic acids is 1. The molecular weight excluding hydrogens is 460 g/mol. The summed E-state index contributed by atoms with van der Waals surface area (Å²) >= 11 is 7.07. The third kappa shape index (κ3) is 5.71. The second-order valence-electron chi connectivity index (χ2n) is 6.40. The molecule has 1 amide bonds. The van der Waals surface area contributed by atoms with Crippen molar-refractivity contribution in [2.45, 2.75) is 11.7 Å². The monoisotopic (exact) mass is 474 g/mol. The number of carbonyl (C=O) groups excluding carboxylic acids is 1. The van der Waals surface area contributed by atoms with E-state index in [2.05, 4.69) is 10.2 Å². The smallest absolute Gasteiger partial charge is 0.305 e. The molecule has 0 aliphatic carbocycles. The number of phenolic OH excluding ortho intramolecular Hbond substituents is 1. The lowest BCUT2D eigenvalue weighted by Gasteiger charge is -2.15. The molecule has 1 heterocycles. The minimum Gasteiger partial charge on any atom is -0.508 e. The molecule has 0 spiro atoms. The number of hydrogen-bond acceptors (Lipinski definition) is 8. The number of nitro benzene ring substituents is 1. The Morgan fingerprint density at radius 1 is 1.22 bits per heavy atom. The number of amides is 1. The molecule has 12 heteroatoms. The summed E-state index contributed by atoms with van der Waals surface area (Å²) in [5.41, 5.74) is 0.957. The number of benzene rings is 2. The second-order valence-corrected chi connectivity index (χ2v) is 8.01. The number of thioether (sulfide) groups is 1. The molecule has 0 saturated carbocycles. The Hall–Kier alpha value is -3.70. The van der Waals surface area contributed by atoms with Crippen LogP contribution in [-0.4, -0.2) is 43.6 Å². The number of carboxylic acid groups (broad SMARTS) is 1. The summed E-state index contributed by atoms with van der Waals surface area (Å²) < 4.78 is 0. The molecule has 1 aliphatic heterocycles. The summed E-state index contributed by atoms with van der Waals surface area (Å²) in [6.45, 7) is 0. The number of nitro groups is 1. The first kappa shape index (κ1) is 23.0. The highest BCUT2D eigenvalue weighted by Gasteiger charge is 2.40. The highest BCUT2D eigenvalue weighted by atomic mass is 35.5. The lowest BCUT2D eigenvalue weighted by atomic mass is 10.2. The minimum absolute atomic E-state index is 0.00908. The number of amidine groups is 1. The Kier molecular flexibility index (Phi) is 7.23. The molecule has 1 unspecified atom stereocenters. The summed E-state index contributed by atoms with van der Waals surface area (Å²) in [5.74, 6) is -1.58. The molecule has 1 fully saturated rings. The molecule has 3 rings (SSSR count). The first-order chi connectivity index (χ1) is 15.2. The SMILES string of the molecule is O=C(O)CC1S\C(=N/N=C/C(Cl)=C/c2ccc([N+](=O)[O-])cc2)N(c2ccc(O)cc2)C1=O. The number of aromatic hydroxyl groups is 1. The van der Waals surface area contributed by atoms with Crippen LogP contribution in [0, 0.1) is 10.1 Å². The van der Waals surface area contributed by atoms with Crippen LogP contribution in [-0.2, 0) is 9.59 Å². The molecule has 2 N–H and O–H groups in total. The molecule has 1 atom stereocenters. The maximum absolute atomic E-state index is 12.7. The van der Waals surface area contributed by atoms with Gasteiger partial charge in [0, 0.05) is 12.1 Å². The molecule has 2 aromatic rings. The van der Waals surface area contributed by atoms with Crippen molar-refractivity contribution in [2.24, 2.45) is 10.2 Å². The van der Waals surface area contributed by atoms with Gasteiger partial charge in [-0.1, -0.05) is 23.4 Å². The van der Waals surface area contributed by atoms with E-state index >= 15 is 0 Å². The van der Waals surface area contributed by atoms with Gasteiger partial charge in [0.15, 0.2) is 5.17 Å². The zero-order chi connectivity index (χ0) is 23.3. The van der Waals surface area contributed by atoms with E-state index in [9.17, 15) is 24.8 Å². The standard InChI is InChI=1S/C20H15ClN4O6S/c21-13(9-12-1-3-15(4-2-12)25(30)31)11-22-23-20-24(14-5-7-16(26)8-6-14)19(29)17(32-20)10-18(27)28/h1-9,11,17,26H,10H2,(H,27,28)/b13-9-,22-11+,23-20-. The summed E-state index contributed by atoms with van der Waals surface area (Å²) in [7, 11) is 0. The van der Waals surface area contributed by atoms with E-state index in [1.165, 1.54) is 65.7 Å². The van der Waals surface area contributed by atoms with Crippen molar-refractivity contribution in [3.05, 3.63) is 69.2 Å². The third-order valence-corrected chi connectivity index (χ3v) is 5.47. The number of anilines is 1. The predicted octanol–water partition coefficient (Wildman–Crippen LogP) is 3.85. The van der Waals surface area contributed by atoms with Crippen LogP contribution in [0.5, 0.6) is 5.75 Å². The zero-order valence-corrected chi connectivity index (χ0v) is 17.7. The van der Waals surface area contributed by atoms with Crippen LogP contribution in [0.4, 0.5) is 11.4 Å². The first-order valence-corrected chi connectivity index (χ1v) is 10.2. The van der Waals surface area contributed by atoms with E-state index < -0.39 is 22.0 Å². The molecule has 10 nitrogen and oxygen atoms in total. The molecule has 0 aromatic heterocycles. The number of carbonyl (C=O) groups is 2. The summed E-state index contributed by atoms with van der Waals surface area (Å²) in [6, 6.07) is 11.5. The maximum Gasteiger partial charge on any atom is 0.305 e. The van der Waals surface area contributed by atoms with Crippen molar-refractivity contribution in [3.8, 4) is 5.75 Å². The molecule has 2 aromatic carbocycles. The van der Waals surface area contributed by atoms with Gasteiger partial charge >= 0.3 is 5.97 Å². The van der Waals surface area contributed by atoms with Gasteiger partial charge in [-0.15, -0.1) is 5.10 Å². The average Bonchev–Trinajstić information content (AvgIpc) is 3.03. The van der Waals surface area contributed by atoms with Crippen molar-refractivity contribution >= 4 is 64.1 Å². The molecule has 1 aliphatic rings. The fourth-order valence-corrected chi connectivity index (χ4v) is 3.94. The van der Waals surface area contributed by atoms with Crippen LogP contribution in [0.15, 0.2) is 63.8 Å². The Morgan fingerprint density at radius 3 is 2.47 bits per heavy atom. The van der Waals surface area contributed by atoms with Crippen LogP contribution in [0.25, 0.3) is 6.08 Å². The van der Waals surface area contributed by atoms with E-state index in [0.717, 1.165) is 11.8 Å². The molecular formula is C20H15ClN4O6S.